The number of halogens is 1. The summed E-state index contributed by atoms with van der Waals surface area (Å²) in [5.74, 6) is 1.02. The van der Waals surface area contributed by atoms with Gasteiger partial charge in [0.1, 0.15) is 17.9 Å². The highest BCUT2D eigenvalue weighted by molar-refractivity contribution is 6.31. The molecule has 1 amide bonds. The molecule has 0 aliphatic heterocycles. The highest BCUT2D eigenvalue weighted by Gasteiger charge is 2.21. The lowest BCUT2D eigenvalue weighted by Crippen LogP contribution is -2.36. The lowest BCUT2D eigenvalue weighted by atomic mass is 10.0. The van der Waals surface area contributed by atoms with Gasteiger partial charge in [-0.3, -0.25) is 14.5 Å². The minimum atomic E-state index is -0.0933. The Morgan fingerprint density at radius 2 is 1.95 bits per heavy atom. The van der Waals surface area contributed by atoms with Crippen molar-refractivity contribution < 1.29 is 9.53 Å². The molecule has 7 nitrogen and oxygen atoms in total. The number of ether oxygens (including phenoxy) is 1. The molecule has 8 heteroatoms. The van der Waals surface area contributed by atoms with E-state index in [2.05, 4.69) is 30.0 Å². The highest BCUT2D eigenvalue weighted by Crippen LogP contribution is 2.34. The summed E-state index contributed by atoms with van der Waals surface area (Å²) < 4.78 is 8.21. The van der Waals surface area contributed by atoms with Crippen molar-refractivity contribution in [2.75, 3.05) is 6.54 Å². The first-order valence-electron chi connectivity index (χ1n) is 12.6. The van der Waals surface area contributed by atoms with Crippen LogP contribution in [0.4, 0.5) is 0 Å². The van der Waals surface area contributed by atoms with Crippen LogP contribution in [0.2, 0.25) is 5.02 Å². The molecule has 3 heterocycles. The van der Waals surface area contributed by atoms with E-state index in [4.69, 9.17) is 21.3 Å². The molecule has 194 valence electrons. The number of aromatic nitrogens is 4. The summed E-state index contributed by atoms with van der Waals surface area (Å²) in [5, 5.41) is 5.83. The van der Waals surface area contributed by atoms with E-state index in [1.54, 1.807) is 18.6 Å². The number of para-hydroxylation sites is 1. The number of amides is 1. The van der Waals surface area contributed by atoms with Crippen molar-refractivity contribution in [1.82, 2.24) is 24.6 Å². The van der Waals surface area contributed by atoms with Crippen LogP contribution in [0.5, 0.6) is 5.75 Å². The number of rotatable bonds is 9. The van der Waals surface area contributed by atoms with E-state index < -0.39 is 0 Å². The molecular formula is C29H34ClN5O2. The Kier molecular flexibility index (Phi) is 8.13. The third-order valence-electron chi connectivity index (χ3n) is 6.25. The Hall–Kier alpha value is -3.45. The normalized spacial score (nSPS) is 11.5. The number of fused-ring (bicyclic) bond motifs is 1. The average Bonchev–Trinajstić information content (AvgIpc) is 3.27. The predicted molar refractivity (Wildman–Crippen MR) is 147 cm³/mol. The van der Waals surface area contributed by atoms with Gasteiger partial charge in [0, 0.05) is 66.9 Å². The minimum absolute atomic E-state index is 0.0933. The minimum Gasteiger partial charge on any atom is -0.487 e. The Balaban J connectivity index is 1.67. The number of pyridine rings is 2. The van der Waals surface area contributed by atoms with Crippen molar-refractivity contribution in [3.8, 4) is 17.0 Å². The van der Waals surface area contributed by atoms with E-state index in [0.717, 1.165) is 39.0 Å². The van der Waals surface area contributed by atoms with Crippen LogP contribution in [0.1, 0.15) is 44.5 Å². The molecule has 1 aromatic carbocycles. The second-order valence-electron chi connectivity index (χ2n) is 10.1. The van der Waals surface area contributed by atoms with Gasteiger partial charge >= 0.3 is 0 Å². The number of nitrogens with zero attached hydrogens (tertiary/aromatic N) is 5. The molecular weight excluding hydrogens is 486 g/mol. The summed E-state index contributed by atoms with van der Waals surface area (Å²) in [5.41, 5.74) is 5.42. The lowest BCUT2D eigenvalue weighted by molar-refractivity contribution is -0.135. The fourth-order valence-electron chi connectivity index (χ4n) is 4.51. The van der Waals surface area contributed by atoms with Crippen LogP contribution >= 0.6 is 11.6 Å². The fourth-order valence-corrected chi connectivity index (χ4v) is 4.74. The third-order valence-corrected chi connectivity index (χ3v) is 6.57. The Bertz CT molecular complexity index is 1410. The van der Waals surface area contributed by atoms with Gasteiger partial charge in [0.25, 0.3) is 0 Å². The molecule has 0 atom stereocenters. The fraction of sp³-hybridized carbons (Fsp3) is 0.379. The smallest absolute Gasteiger partial charge is 0.225 e. The molecule has 37 heavy (non-hydrogen) atoms. The molecule has 4 aromatic rings. The second kappa shape index (κ2) is 11.3. The molecule has 0 aliphatic rings. The quantitative estimate of drug-likeness (QED) is 0.263. The van der Waals surface area contributed by atoms with Gasteiger partial charge < -0.3 is 9.64 Å². The topological polar surface area (TPSA) is 73.1 Å². The first-order chi connectivity index (χ1) is 17.7. The largest absolute Gasteiger partial charge is 0.487 e. The van der Waals surface area contributed by atoms with Crippen molar-refractivity contribution >= 4 is 28.4 Å². The Morgan fingerprint density at radius 1 is 1.16 bits per heavy atom. The van der Waals surface area contributed by atoms with Crippen molar-refractivity contribution in [1.29, 1.82) is 0 Å². The monoisotopic (exact) mass is 519 g/mol. The summed E-state index contributed by atoms with van der Waals surface area (Å²) in [4.78, 5) is 23.9. The first-order valence-corrected chi connectivity index (χ1v) is 12.9. The molecule has 0 saturated heterocycles. The number of benzene rings is 1. The number of hydrogen-bond donors (Lipinski definition) is 0. The van der Waals surface area contributed by atoms with E-state index in [1.807, 2.05) is 61.7 Å². The number of hydrogen-bond acceptors (Lipinski definition) is 5. The van der Waals surface area contributed by atoms with Crippen molar-refractivity contribution in [2.24, 2.45) is 18.9 Å². The van der Waals surface area contributed by atoms with Crippen LogP contribution in [-0.4, -0.2) is 37.1 Å². The molecule has 0 aliphatic carbocycles. The van der Waals surface area contributed by atoms with Gasteiger partial charge in [-0.2, -0.15) is 5.10 Å². The zero-order valence-corrected chi connectivity index (χ0v) is 23.1. The molecule has 0 fully saturated rings. The molecule has 0 bridgehead atoms. The number of carbonyl (C=O) groups is 1. The van der Waals surface area contributed by atoms with Gasteiger partial charge in [0.05, 0.1) is 10.7 Å². The number of carbonyl (C=O) groups excluding carboxylic acids is 1. The van der Waals surface area contributed by atoms with Gasteiger partial charge in [-0.1, -0.05) is 51.4 Å². The lowest BCUT2D eigenvalue weighted by Gasteiger charge is -2.27. The summed E-state index contributed by atoms with van der Waals surface area (Å²) in [6.45, 7) is 11.4. The SMILES string of the molecule is Cc1cc(-c2ccnn2C)c2cccc(OCc3c(Cl)cncc3CN(CC(C)C)C(=O)C(C)C)c2n1. The van der Waals surface area contributed by atoms with Crippen LogP contribution in [0, 0.1) is 18.8 Å². The van der Waals surface area contributed by atoms with Gasteiger partial charge in [0.2, 0.25) is 5.91 Å². The maximum absolute atomic E-state index is 12.9. The van der Waals surface area contributed by atoms with Gasteiger partial charge in [0.15, 0.2) is 0 Å². The van der Waals surface area contributed by atoms with Crippen molar-refractivity contribution in [3.05, 3.63) is 70.8 Å². The van der Waals surface area contributed by atoms with Crippen molar-refractivity contribution in [3.63, 3.8) is 0 Å². The maximum Gasteiger partial charge on any atom is 0.225 e. The first kappa shape index (κ1) is 26.6. The molecule has 0 spiro atoms. The highest BCUT2D eigenvalue weighted by atomic mass is 35.5. The van der Waals surface area contributed by atoms with Gasteiger partial charge in [-0.25, -0.2) is 4.98 Å². The summed E-state index contributed by atoms with van der Waals surface area (Å²) in [7, 11) is 1.93. The molecule has 3 aromatic heterocycles. The summed E-state index contributed by atoms with van der Waals surface area (Å²) in [6.07, 6.45) is 5.18. The van der Waals surface area contributed by atoms with E-state index in [1.165, 1.54) is 0 Å². The maximum atomic E-state index is 12.9. The summed E-state index contributed by atoms with van der Waals surface area (Å²) >= 11 is 6.61. The molecule has 0 N–H and O–H groups in total. The number of aryl methyl sites for hydroxylation is 2. The average molecular weight is 520 g/mol. The van der Waals surface area contributed by atoms with E-state index in [0.29, 0.717) is 29.8 Å². The van der Waals surface area contributed by atoms with Crippen molar-refractivity contribution in [2.45, 2.75) is 47.8 Å². The standard InChI is InChI=1S/C29H34ClN5O2/c1-18(2)15-35(29(36)19(3)4)16-21-13-31-14-25(30)24(21)17-37-27-9-7-8-22-23(12-20(5)33-28(22)27)26-10-11-32-34(26)6/h7-14,18-19H,15-17H2,1-6H3. The van der Waals surface area contributed by atoms with Crippen LogP contribution in [0.15, 0.2) is 48.9 Å². The van der Waals surface area contributed by atoms with Crippen LogP contribution < -0.4 is 4.74 Å². The van der Waals surface area contributed by atoms with Crippen LogP contribution in [-0.2, 0) is 25.0 Å². The van der Waals surface area contributed by atoms with E-state index in [9.17, 15) is 4.79 Å². The van der Waals surface area contributed by atoms with Crippen LogP contribution in [0.3, 0.4) is 0 Å². The predicted octanol–water partition coefficient (Wildman–Crippen LogP) is 6.21. The Morgan fingerprint density at radius 3 is 2.62 bits per heavy atom. The van der Waals surface area contributed by atoms with Gasteiger partial charge in [-0.05, 0) is 36.6 Å². The van der Waals surface area contributed by atoms with E-state index in [-0.39, 0.29) is 18.4 Å². The molecule has 0 unspecified atom stereocenters. The zero-order chi connectivity index (χ0) is 26.7. The van der Waals surface area contributed by atoms with Gasteiger partial charge in [-0.15, -0.1) is 0 Å². The molecule has 0 radical (unpaired) electrons. The van der Waals surface area contributed by atoms with Crippen LogP contribution in [0.25, 0.3) is 22.2 Å². The Labute approximate surface area is 223 Å². The zero-order valence-electron chi connectivity index (χ0n) is 22.3. The van der Waals surface area contributed by atoms with E-state index >= 15 is 0 Å². The molecule has 4 rings (SSSR count). The third kappa shape index (κ3) is 5.93. The molecule has 0 saturated carbocycles. The second-order valence-corrected chi connectivity index (χ2v) is 10.5. The summed E-state index contributed by atoms with van der Waals surface area (Å²) in [6, 6.07) is 9.99.